The van der Waals surface area contributed by atoms with Crippen LogP contribution in [0.2, 0.25) is 0 Å². The Kier molecular flexibility index (Phi) is 8.33. The lowest BCUT2D eigenvalue weighted by molar-refractivity contribution is -0.128. The second-order valence-electron chi connectivity index (χ2n) is 6.11. The summed E-state index contributed by atoms with van der Waals surface area (Å²) in [5.74, 6) is 0.00566. The predicted molar refractivity (Wildman–Crippen MR) is 91.3 cm³/mol. The van der Waals surface area contributed by atoms with Crippen molar-refractivity contribution in [1.29, 1.82) is 0 Å². The van der Waals surface area contributed by atoms with Crippen LogP contribution in [0.1, 0.15) is 48.5 Å². The molecule has 1 aromatic carbocycles. The van der Waals surface area contributed by atoms with E-state index in [2.05, 4.69) is 5.32 Å². The van der Waals surface area contributed by atoms with Gasteiger partial charge in [0.05, 0.1) is 6.10 Å². The summed E-state index contributed by atoms with van der Waals surface area (Å²) in [5, 5.41) is 11.9. The van der Waals surface area contributed by atoms with E-state index in [1.807, 2.05) is 18.2 Å². The van der Waals surface area contributed by atoms with Gasteiger partial charge in [0, 0.05) is 32.6 Å². The summed E-state index contributed by atoms with van der Waals surface area (Å²) >= 11 is 0. The molecule has 1 rings (SSSR count). The van der Waals surface area contributed by atoms with E-state index in [1.165, 1.54) is 0 Å². The summed E-state index contributed by atoms with van der Waals surface area (Å²) in [4.78, 5) is 25.0. The van der Waals surface area contributed by atoms with Crippen molar-refractivity contribution in [3.8, 4) is 0 Å². The maximum absolute atomic E-state index is 12.0. The summed E-state index contributed by atoms with van der Waals surface area (Å²) in [5.41, 5.74) is 1.74. The molecule has 23 heavy (non-hydrogen) atoms. The Hall–Kier alpha value is -1.88. The Morgan fingerprint density at radius 3 is 2.61 bits per heavy atom. The molecule has 1 aromatic rings. The lowest BCUT2D eigenvalue weighted by atomic mass is 10.0. The molecule has 1 unspecified atom stereocenters. The molecule has 0 fully saturated rings. The van der Waals surface area contributed by atoms with Crippen LogP contribution in [0.4, 0.5) is 0 Å². The van der Waals surface area contributed by atoms with Crippen LogP contribution in [-0.2, 0) is 11.2 Å². The third-order valence-corrected chi connectivity index (χ3v) is 3.60. The number of nitrogens with zero attached hydrogens (tertiary/aromatic N) is 1. The molecule has 0 saturated heterocycles. The van der Waals surface area contributed by atoms with Crippen LogP contribution in [0, 0.1) is 0 Å². The molecule has 0 bridgehead atoms. The standard InChI is InChI=1S/C18H28N2O3/c1-14(21)13-19-18(23)16-10-7-9-15(12-16)8-5-4-6-11-17(22)20(2)3/h7,9-10,12,14,21H,4-6,8,11,13H2,1-3H3,(H,19,23). The van der Waals surface area contributed by atoms with Crippen molar-refractivity contribution in [2.75, 3.05) is 20.6 Å². The molecule has 2 amide bonds. The highest BCUT2D eigenvalue weighted by molar-refractivity contribution is 5.94. The first-order valence-electron chi connectivity index (χ1n) is 8.15. The zero-order valence-corrected chi connectivity index (χ0v) is 14.3. The van der Waals surface area contributed by atoms with Crippen molar-refractivity contribution in [1.82, 2.24) is 10.2 Å². The molecule has 2 N–H and O–H groups in total. The van der Waals surface area contributed by atoms with Crippen LogP contribution < -0.4 is 5.32 Å². The average Bonchev–Trinajstić information content (AvgIpc) is 2.52. The average molecular weight is 320 g/mol. The summed E-state index contributed by atoms with van der Waals surface area (Å²) in [6.07, 6.45) is 3.83. The number of aryl methyl sites for hydroxylation is 1. The van der Waals surface area contributed by atoms with Crippen molar-refractivity contribution in [2.24, 2.45) is 0 Å². The van der Waals surface area contributed by atoms with Gasteiger partial charge in [-0.25, -0.2) is 0 Å². The van der Waals surface area contributed by atoms with Gasteiger partial charge < -0.3 is 15.3 Å². The Labute approximate surface area is 138 Å². The summed E-state index contributed by atoms with van der Waals surface area (Å²) in [6, 6.07) is 7.55. The van der Waals surface area contributed by atoms with Crippen LogP contribution in [0.25, 0.3) is 0 Å². The fourth-order valence-electron chi connectivity index (χ4n) is 2.22. The highest BCUT2D eigenvalue weighted by atomic mass is 16.3. The van der Waals surface area contributed by atoms with Crippen LogP contribution in [0.15, 0.2) is 24.3 Å². The van der Waals surface area contributed by atoms with E-state index in [0.29, 0.717) is 12.0 Å². The third-order valence-electron chi connectivity index (χ3n) is 3.60. The summed E-state index contributed by atoms with van der Waals surface area (Å²) in [7, 11) is 3.55. The van der Waals surface area contributed by atoms with Crippen molar-refractivity contribution < 1.29 is 14.7 Å². The van der Waals surface area contributed by atoms with Gasteiger partial charge in [-0.3, -0.25) is 9.59 Å². The van der Waals surface area contributed by atoms with Gasteiger partial charge in [-0.1, -0.05) is 18.6 Å². The molecule has 0 heterocycles. The van der Waals surface area contributed by atoms with E-state index in [4.69, 9.17) is 0 Å². The molecule has 5 nitrogen and oxygen atoms in total. The molecule has 0 saturated carbocycles. The van der Waals surface area contributed by atoms with Gasteiger partial charge in [0.2, 0.25) is 5.91 Å². The molecule has 0 aromatic heterocycles. The van der Waals surface area contributed by atoms with Crippen molar-refractivity contribution in [3.63, 3.8) is 0 Å². The number of rotatable bonds is 9. The number of hydrogen-bond donors (Lipinski definition) is 2. The van der Waals surface area contributed by atoms with Gasteiger partial charge in [-0.2, -0.15) is 0 Å². The number of benzene rings is 1. The minimum atomic E-state index is -0.549. The Morgan fingerprint density at radius 1 is 1.22 bits per heavy atom. The molecule has 1 atom stereocenters. The van der Waals surface area contributed by atoms with E-state index in [-0.39, 0.29) is 18.4 Å². The van der Waals surface area contributed by atoms with Gasteiger partial charge in [0.25, 0.3) is 5.91 Å². The quantitative estimate of drug-likeness (QED) is 0.684. The first-order chi connectivity index (χ1) is 10.9. The predicted octanol–water partition coefficient (Wildman–Crippen LogP) is 1.99. The first-order valence-corrected chi connectivity index (χ1v) is 8.15. The fourth-order valence-corrected chi connectivity index (χ4v) is 2.22. The van der Waals surface area contributed by atoms with Gasteiger partial charge in [0.15, 0.2) is 0 Å². The molecule has 0 aliphatic carbocycles. The van der Waals surface area contributed by atoms with Crippen LogP contribution in [-0.4, -0.2) is 48.6 Å². The highest BCUT2D eigenvalue weighted by Crippen LogP contribution is 2.11. The molecule has 128 valence electrons. The van der Waals surface area contributed by atoms with E-state index < -0.39 is 6.10 Å². The zero-order valence-electron chi connectivity index (χ0n) is 14.3. The highest BCUT2D eigenvalue weighted by Gasteiger charge is 2.07. The lowest BCUT2D eigenvalue weighted by Gasteiger charge is -2.10. The number of unbranched alkanes of at least 4 members (excludes halogenated alkanes) is 2. The third kappa shape index (κ3) is 7.79. The molecule has 0 aliphatic heterocycles. The maximum atomic E-state index is 12.0. The van der Waals surface area contributed by atoms with Crippen LogP contribution in [0.5, 0.6) is 0 Å². The van der Waals surface area contributed by atoms with Gasteiger partial charge in [-0.15, -0.1) is 0 Å². The first kappa shape index (κ1) is 19.2. The Morgan fingerprint density at radius 2 is 1.96 bits per heavy atom. The normalized spacial score (nSPS) is 11.8. The molecule has 5 heteroatoms. The minimum Gasteiger partial charge on any atom is -0.392 e. The molecular weight excluding hydrogens is 292 g/mol. The van der Waals surface area contributed by atoms with Gasteiger partial charge in [0.1, 0.15) is 0 Å². The summed E-state index contributed by atoms with van der Waals surface area (Å²) in [6.45, 7) is 1.89. The molecule has 0 radical (unpaired) electrons. The number of carbonyl (C=O) groups is 2. The minimum absolute atomic E-state index is 0.163. The van der Waals surface area contributed by atoms with E-state index in [1.54, 1.807) is 32.0 Å². The smallest absolute Gasteiger partial charge is 0.251 e. The van der Waals surface area contributed by atoms with Crippen molar-refractivity contribution in [3.05, 3.63) is 35.4 Å². The topological polar surface area (TPSA) is 69.6 Å². The number of aliphatic hydroxyl groups excluding tert-OH is 1. The van der Waals surface area contributed by atoms with Crippen molar-refractivity contribution in [2.45, 2.75) is 45.1 Å². The molecule has 0 spiro atoms. The molecule has 0 aliphatic rings. The van der Waals surface area contributed by atoms with Crippen LogP contribution in [0.3, 0.4) is 0 Å². The van der Waals surface area contributed by atoms with Crippen LogP contribution >= 0.6 is 0 Å². The number of nitrogens with one attached hydrogen (secondary N) is 1. The fraction of sp³-hybridized carbons (Fsp3) is 0.556. The second-order valence-corrected chi connectivity index (χ2v) is 6.11. The maximum Gasteiger partial charge on any atom is 0.251 e. The zero-order chi connectivity index (χ0) is 17.2. The van der Waals surface area contributed by atoms with E-state index >= 15 is 0 Å². The lowest BCUT2D eigenvalue weighted by Crippen LogP contribution is -2.30. The van der Waals surface area contributed by atoms with Crippen molar-refractivity contribution >= 4 is 11.8 Å². The SMILES string of the molecule is CC(O)CNC(=O)c1cccc(CCCCCC(=O)N(C)C)c1. The van der Waals surface area contributed by atoms with E-state index in [0.717, 1.165) is 31.2 Å². The second kappa shape index (κ2) is 10.0. The number of hydrogen-bond acceptors (Lipinski definition) is 3. The molecular formula is C18H28N2O3. The van der Waals surface area contributed by atoms with E-state index in [9.17, 15) is 14.7 Å². The van der Waals surface area contributed by atoms with Gasteiger partial charge >= 0.3 is 0 Å². The Balaban J connectivity index is 2.36. The Bertz CT molecular complexity index is 513. The summed E-state index contributed by atoms with van der Waals surface area (Å²) < 4.78 is 0. The number of aliphatic hydroxyl groups is 1. The number of carbonyl (C=O) groups excluding carboxylic acids is 2. The monoisotopic (exact) mass is 320 g/mol. The van der Waals surface area contributed by atoms with Gasteiger partial charge in [-0.05, 0) is 43.9 Å². The number of amides is 2. The largest absolute Gasteiger partial charge is 0.392 e.